The van der Waals surface area contributed by atoms with Gasteiger partial charge in [-0.1, -0.05) is 0 Å². The summed E-state index contributed by atoms with van der Waals surface area (Å²) in [7, 11) is 3.51. The van der Waals surface area contributed by atoms with Crippen LogP contribution in [0.2, 0.25) is 0 Å². The van der Waals surface area contributed by atoms with Crippen molar-refractivity contribution in [3.05, 3.63) is 18.0 Å². The van der Waals surface area contributed by atoms with Gasteiger partial charge in [-0.25, -0.2) is 0 Å². The Morgan fingerprint density at radius 1 is 1.57 bits per heavy atom. The van der Waals surface area contributed by atoms with Crippen LogP contribution in [0.25, 0.3) is 0 Å². The molecule has 1 heterocycles. The lowest BCUT2D eigenvalue weighted by Crippen LogP contribution is -2.18. The Morgan fingerprint density at radius 3 is 2.93 bits per heavy atom. The number of aryl methyl sites for hydroxylation is 1. The quantitative estimate of drug-likeness (QED) is 0.659. The summed E-state index contributed by atoms with van der Waals surface area (Å²) in [5.74, 6) is 0. The van der Waals surface area contributed by atoms with E-state index in [1.54, 1.807) is 18.0 Å². The van der Waals surface area contributed by atoms with Gasteiger partial charge in [0.05, 0.1) is 32.1 Å². The van der Waals surface area contributed by atoms with Crippen molar-refractivity contribution >= 4 is 0 Å². The van der Waals surface area contributed by atoms with E-state index in [-0.39, 0.29) is 6.04 Å². The minimum absolute atomic E-state index is 0.111. The van der Waals surface area contributed by atoms with E-state index in [4.69, 9.17) is 15.2 Å². The van der Waals surface area contributed by atoms with Gasteiger partial charge in [-0.15, -0.1) is 0 Å². The monoisotopic (exact) mass is 199 g/mol. The Bertz CT molecular complexity index is 262. The molecule has 14 heavy (non-hydrogen) atoms. The van der Waals surface area contributed by atoms with E-state index in [2.05, 4.69) is 5.10 Å². The summed E-state index contributed by atoms with van der Waals surface area (Å²) in [4.78, 5) is 0. The first-order chi connectivity index (χ1) is 6.74. The van der Waals surface area contributed by atoms with Crippen LogP contribution in [0.4, 0.5) is 0 Å². The predicted molar refractivity (Wildman–Crippen MR) is 52.8 cm³/mol. The first-order valence-corrected chi connectivity index (χ1v) is 4.55. The average Bonchev–Trinajstić information content (AvgIpc) is 2.59. The highest BCUT2D eigenvalue weighted by atomic mass is 16.5. The van der Waals surface area contributed by atoms with E-state index >= 15 is 0 Å². The van der Waals surface area contributed by atoms with E-state index < -0.39 is 0 Å². The van der Waals surface area contributed by atoms with Crippen LogP contribution in [-0.2, 0) is 16.5 Å². The standard InChI is InChI=1S/C9H17N3O2/c1-12-6-8(5-11-12)9(10)7-14-4-3-13-2/h5-6,9H,3-4,7,10H2,1-2H3. The van der Waals surface area contributed by atoms with Crippen LogP contribution in [0, 0.1) is 0 Å². The molecule has 1 aromatic heterocycles. The van der Waals surface area contributed by atoms with Crippen molar-refractivity contribution in [3.8, 4) is 0 Å². The molecular formula is C9H17N3O2. The largest absolute Gasteiger partial charge is 0.382 e. The number of hydrogen-bond donors (Lipinski definition) is 1. The predicted octanol–water partition coefficient (Wildman–Crippen LogP) is 0.0829. The zero-order chi connectivity index (χ0) is 10.4. The number of aromatic nitrogens is 2. The van der Waals surface area contributed by atoms with Gasteiger partial charge in [0, 0.05) is 25.9 Å². The second kappa shape index (κ2) is 5.74. The van der Waals surface area contributed by atoms with Crippen LogP contribution in [0.1, 0.15) is 11.6 Å². The van der Waals surface area contributed by atoms with E-state index in [1.165, 1.54) is 0 Å². The fourth-order valence-corrected chi connectivity index (χ4v) is 1.08. The smallest absolute Gasteiger partial charge is 0.0701 e. The summed E-state index contributed by atoms with van der Waals surface area (Å²) in [5.41, 5.74) is 6.86. The van der Waals surface area contributed by atoms with Gasteiger partial charge in [0.15, 0.2) is 0 Å². The lowest BCUT2D eigenvalue weighted by molar-refractivity contribution is 0.0636. The Hall–Kier alpha value is -0.910. The van der Waals surface area contributed by atoms with Crippen molar-refractivity contribution in [1.29, 1.82) is 0 Å². The van der Waals surface area contributed by atoms with E-state index in [9.17, 15) is 0 Å². The first kappa shape index (κ1) is 11.2. The van der Waals surface area contributed by atoms with Crippen LogP contribution in [-0.4, -0.2) is 36.7 Å². The molecule has 0 saturated heterocycles. The molecule has 1 rings (SSSR count). The molecule has 5 nitrogen and oxygen atoms in total. The van der Waals surface area contributed by atoms with Gasteiger partial charge < -0.3 is 15.2 Å². The molecule has 0 fully saturated rings. The SMILES string of the molecule is COCCOCC(N)c1cnn(C)c1. The van der Waals surface area contributed by atoms with Crippen LogP contribution in [0.15, 0.2) is 12.4 Å². The number of ether oxygens (including phenoxy) is 2. The van der Waals surface area contributed by atoms with Crippen molar-refractivity contribution in [3.63, 3.8) is 0 Å². The number of nitrogens with two attached hydrogens (primary N) is 1. The zero-order valence-electron chi connectivity index (χ0n) is 8.64. The summed E-state index contributed by atoms with van der Waals surface area (Å²) in [6, 6.07) is -0.111. The molecule has 80 valence electrons. The maximum Gasteiger partial charge on any atom is 0.0701 e. The summed E-state index contributed by atoms with van der Waals surface area (Å²) >= 11 is 0. The normalized spacial score (nSPS) is 13.1. The Balaban J connectivity index is 2.25. The van der Waals surface area contributed by atoms with Gasteiger partial charge in [0.2, 0.25) is 0 Å². The third kappa shape index (κ3) is 3.45. The third-order valence-electron chi connectivity index (χ3n) is 1.88. The minimum Gasteiger partial charge on any atom is -0.382 e. The molecule has 1 atom stereocenters. The lowest BCUT2D eigenvalue weighted by Gasteiger charge is -2.09. The lowest BCUT2D eigenvalue weighted by atomic mass is 10.2. The molecule has 0 aromatic carbocycles. The Kier molecular flexibility index (Phi) is 4.58. The number of rotatable bonds is 6. The number of methoxy groups -OCH3 is 1. The molecule has 1 unspecified atom stereocenters. The summed E-state index contributed by atoms with van der Waals surface area (Å²) in [6.07, 6.45) is 3.65. The maximum absolute atomic E-state index is 5.87. The Morgan fingerprint density at radius 2 is 2.36 bits per heavy atom. The molecule has 0 bridgehead atoms. The molecule has 0 aliphatic heterocycles. The van der Waals surface area contributed by atoms with Gasteiger partial charge in [-0.3, -0.25) is 4.68 Å². The van der Waals surface area contributed by atoms with E-state index in [1.807, 2.05) is 13.2 Å². The van der Waals surface area contributed by atoms with Crippen LogP contribution in [0.5, 0.6) is 0 Å². The second-order valence-electron chi connectivity index (χ2n) is 3.12. The summed E-state index contributed by atoms with van der Waals surface area (Å²) in [6.45, 7) is 1.67. The Labute approximate surface area is 83.8 Å². The highest BCUT2D eigenvalue weighted by Crippen LogP contribution is 2.08. The fraction of sp³-hybridized carbons (Fsp3) is 0.667. The van der Waals surface area contributed by atoms with Gasteiger partial charge in [-0.05, 0) is 0 Å². The van der Waals surface area contributed by atoms with Gasteiger partial charge in [0.1, 0.15) is 0 Å². The average molecular weight is 199 g/mol. The molecule has 1 aromatic rings. The van der Waals surface area contributed by atoms with Crippen molar-refractivity contribution in [2.24, 2.45) is 12.8 Å². The molecule has 2 N–H and O–H groups in total. The second-order valence-corrected chi connectivity index (χ2v) is 3.12. The first-order valence-electron chi connectivity index (χ1n) is 4.55. The molecule has 0 spiro atoms. The van der Waals surface area contributed by atoms with Crippen LogP contribution in [0.3, 0.4) is 0 Å². The van der Waals surface area contributed by atoms with Gasteiger partial charge in [-0.2, -0.15) is 5.10 Å². The molecule has 0 aliphatic rings. The minimum atomic E-state index is -0.111. The number of hydrogen-bond acceptors (Lipinski definition) is 4. The zero-order valence-corrected chi connectivity index (χ0v) is 8.64. The molecule has 5 heteroatoms. The third-order valence-corrected chi connectivity index (χ3v) is 1.88. The molecule has 0 saturated carbocycles. The topological polar surface area (TPSA) is 62.3 Å². The van der Waals surface area contributed by atoms with E-state index in [0.717, 1.165) is 5.56 Å². The van der Waals surface area contributed by atoms with Crippen LogP contribution >= 0.6 is 0 Å². The van der Waals surface area contributed by atoms with Crippen molar-refractivity contribution in [2.75, 3.05) is 26.9 Å². The van der Waals surface area contributed by atoms with Crippen molar-refractivity contribution in [2.45, 2.75) is 6.04 Å². The van der Waals surface area contributed by atoms with Crippen molar-refractivity contribution in [1.82, 2.24) is 9.78 Å². The summed E-state index contributed by atoms with van der Waals surface area (Å²) < 4.78 is 11.9. The fourth-order valence-electron chi connectivity index (χ4n) is 1.08. The van der Waals surface area contributed by atoms with E-state index in [0.29, 0.717) is 19.8 Å². The van der Waals surface area contributed by atoms with Crippen LogP contribution < -0.4 is 5.73 Å². The summed E-state index contributed by atoms with van der Waals surface area (Å²) in [5, 5.41) is 4.04. The van der Waals surface area contributed by atoms with Crippen molar-refractivity contribution < 1.29 is 9.47 Å². The molecular weight excluding hydrogens is 182 g/mol. The molecule has 0 amide bonds. The molecule has 0 radical (unpaired) electrons. The highest BCUT2D eigenvalue weighted by Gasteiger charge is 2.07. The maximum atomic E-state index is 5.87. The molecule has 0 aliphatic carbocycles. The van der Waals surface area contributed by atoms with Gasteiger partial charge >= 0.3 is 0 Å². The van der Waals surface area contributed by atoms with Gasteiger partial charge in [0.25, 0.3) is 0 Å². The number of nitrogens with zero attached hydrogens (tertiary/aromatic N) is 2. The highest BCUT2D eigenvalue weighted by molar-refractivity contribution is 5.09.